The summed E-state index contributed by atoms with van der Waals surface area (Å²) in [5.74, 6) is -0.667. The Labute approximate surface area is 128 Å². The van der Waals surface area contributed by atoms with Gasteiger partial charge in [0.15, 0.2) is 8.32 Å². The summed E-state index contributed by atoms with van der Waals surface area (Å²) in [4.78, 5) is 22.8. The van der Waals surface area contributed by atoms with E-state index in [4.69, 9.17) is 13.9 Å². The zero-order chi connectivity index (χ0) is 16.5. The van der Waals surface area contributed by atoms with Crippen molar-refractivity contribution in [1.82, 2.24) is 0 Å². The molecule has 0 aromatic heterocycles. The number of hydrogen-bond acceptors (Lipinski definition) is 5. The van der Waals surface area contributed by atoms with Crippen LogP contribution in [0.5, 0.6) is 0 Å². The zero-order valence-electron chi connectivity index (χ0n) is 14.2. The molecule has 122 valence electrons. The molecule has 0 aromatic rings. The van der Waals surface area contributed by atoms with Gasteiger partial charge < -0.3 is 13.9 Å². The Balaban J connectivity index is 2.76. The number of rotatable bonds is 4. The maximum atomic E-state index is 11.8. The Morgan fingerprint density at radius 2 is 2.00 bits per heavy atom. The molecule has 5 nitrogen and oxygen atoms in total. The first kappa shape index (κ1) is 18.2. The molecule has 0 radical (unpaired) electrons. The van der Waals surface area contributed by atoms with Gasteiger partial charge in [-0.15, -0.1) is 0 Å². The quantitative estimate of drug-likeness (QED) is 0.589. The zero-order valence-corrected chi connectivity index (χ0v) is 15.2. The highest BCUT2D eigenvalue weighted by Crippen LogP contribution is 2.39. The van der Waals surface area contributed by atoms with Crippen molar-refractivity contribution in [2.75, 3.05) is 6.61 Å². The van der Waals surface area contributed by atoms with Crippen molar-refractivity contribution in [3.05, 3.63) is 0 Å². The van der Waals surface area contributed by atoms with Crippen LogP contribution in [0.1, 0.15) is 47.5 Å². The normalized spacial score (nSPS) is 27.2. The summed E-state index contributed by atoms with van der Waals surface area (Å²) in [6.45, 7) is 14.0. The largest absolute Gasteiger partial charge is 0.462 e. The Hall–Kier alpha value is -0.883. The lowest BCUT2D eigenvalue weighted by Crippen LogP contribution is -2.51. The third kappa shape index (κ3) is 5.11. The molecule has 0 bridgehead atoms. The maximum absolute atomic E-state index is 11.8. The molecule has 1 saturated heterocycles. The van der Waals surface area contributed by atoms with Crippen LogP contribution in [0.25, 0.3) is 0 Å². The molecule has 0 N–H and O–H groups in total. The number of hydrogen-bond donors (Lipinski definition) is 0. The van der Waals surface area contributed by atoms with Crippen LogP contribution in [0.4, 0.5) is 0 Å². The molecule has 0 spiro atoms. The molecule has 1 unspecified atom stereocenters. The van der Waals surface area contributed by atoms with E-state index >= 15 is 0 Å². The summed E-state index contributed by atoms with van der Waals surface area (Å²) in [5.41, 5.74) is -0.798. The summed E-state index contributed by atoms with van der Waals surface area (Å²) >= 11 is 0. The van der Waals surface area contributed by atoms with E-state index in [0.717, 1.165) is 0 Å². The summed E-state index contributed by atoms with van der Waals surface area (Å²) in [6, 6.07) is 0. The number of cyclic esters (lactones) is 1. The van der Waals surface area contributed by atoms with Crippen LogP contribution >= 0.6 is 0 Å². The van der Waals surface area contributed by atoms with Crippen LogP contribution in [0.15, 0.2) is 0 Å². The minimum Gasteiger partial charge on any atom is -0.462 e. The van der Waals surface area contributed by atoms with Gasteiger partial charge in [-0.1, -0.05) is 20.8 Å². The molecule has 6 heteroatoms. The molecule has 0 aliphatic carbocycles. The van der Waals surface area contributed by atoms with E-state index in [1.165, 1.54) is 6.92 Å². The monoisotopic (exact) mass is 316 g/mol. The molecule has 1 heterocycles. The van der Waals surface area contributed by atoms with E-state index in [1.54, 1.807) is 6.92 Å². The summed E-state index contributed by atoms with van der Waals surface area (Å²) in [5, 5.41) is 0.0840. The van der Waals surface area contributed by atoms with E-state index < -0.39 is 13.9 Å². The topological polar surface area (TPSA) is 61.8 Å². The lowest BCUT2D eigenvalue weighted by Gasteiger charge is -2.43. The van der Waals surface area contributed by atoms with Crippen LogP contribution in [-0.4, -0.2) is 38.6 Å². The second-order valence-corrected chi connectivity index (χ2v) is 12.4. The lowest BCUT2D eigenvalue weighted by molar-refractivity contribution is -0.184. The predicted molar refractivity (Wildman–Crippen MR) is 82.4 cm³/mol. The fraction of sp³-hybridized carbons (Fsp3) is 0.867. The first-order valence-corrected chi connectivity index (χ1v) is 10.3. The van der Waals surface area contributed by atoms with Gasteiger partial charge in [-0.2, -0.15) is 0 Å². The molecule has 0 saturated carbocycles. The number of ether oxygens (including phenoxy) is 2. The highest BCUT2D eigenvalue weighted by Gasteiger charge is 2.45. The van der Waals surface area contributed by atoms with Gasteiger partial charge in [0.05, 0.1) is 12.5 Å². The first-order valence-electron chi connectivity index (χ1n) is 7.38. The Bertz CT molecular complexity index is 413. The standard InChI is InChI=1S/C15H28O5Si/c1-11(16)18-10-15(5)9-12(8-13(17)19-15)20-21(6,7)14(2,3)4/h12H,8-10H2,1-7H3/t12-,15?/m0/s1. The predicted octanol–water partition coefficient (Wildman–Crippen LogP) is 3.04. The van der Waals surface area contributed by atoms with Crippen molar-refractivity contribution < 1.29 is 23.5 Å². The number of esters is 2. The molecular weight excluding hydrogens is 288 g/mol. The van der Waals surface area contributed by atoms with Gasteiger partial charge in [-0.3, -0.25) is 9.59 Å². The van der Waals surface area contributed by atoms with Crippen LogP contribution in [-0.2, 0) is 23.5 Å². The van der Waals surface area contributed by atoms with E-state index in [2.05, 4.69) is 33.9 Å². The van der Waals surface area contributed by atoms with Gasteiger partial charge >= 0.3 is 11.9 Å². The van der Waals surface area contributed by atoms with E-state index in [9.17, 15) is 9.59 Å². The van der Waals surface area contributed by atoms with Gasteiger partial charge in [-0.05, 0) is 25.1 Å². The first-order chi connectivity index (χ1) is 9.35. The lowest BCUT2D eigenvalue weighted by atomic mass is 9.94. The molecule has 1 rings (SSSR count). The van der Waals surface area contributed by atoms with Crippen molar-refractivity contribution >= 4 is 20.3 Å². The molecule has 1 aliphatic rings. The Kier molecular flexibility index (Phi) is 5.26. The van der Waals surface area contributed by atoms with Crippen LogP contribution in [0.3, 0.4) is 0 Å². The van der Waals surface area contributed by atoms with Crippen molar-refractivity contribution in [3.63, 3.8) is 0 Å². The molecule has 0 amide bonds. The third-order valence-electron chi connectivity index (χ3n) is 4.26. The average Bonchev–Trinajstić information content (AvgIpc) is 2.22. The second-order valence-electron chi connectivity index (χ2n) is 7.61. The maximum Gasteiger partial charge on any atom is 0.309 e. The van der Waals surface area contributed by atoms with E-state index in [0.29, 0.717) is 6.42 Å². The Morgan fingerprint density at radius 1 is 1.43 bits per heavy atom. The second kappa shape index (κ2) is 6.08. The fourth-order valence-electron chi connectivity index (χ4n) is 2.12. The molecule has 2 atom stereocenters. The van der Waals surface area contributed by atoms with Gasteiger partial charge in [0.25, 0.3) is 0 Å². The van der Waals surface area contributed by atoms with Crippen LogP contribution < -0.4 is 0 Å². The summed E-state index contributed by atoms with van der Waals surface area (Å²) < 4.78 is 16.7. The highest BCUT2D eigenvalue weighted by atomic mass is 28.4. The SMILES string of the molecule is CC(=O)OCC1(C)C[C@@H](O[Si](C)(C)C(C)(C)C)CC(=O)O1. The summed E-state index contributed by atoms with van der Waals surface area (Å²) in [7, 11) is -1.94. The fourth-order valence-corrected chi connectivity index (χ4v) is 3.47. The van der Waals surface area contributed by atoms with Gasteiger partial charge in [0.1, 0.15) is 12.2 Å². The summed E-state index contributed by atoms with van der Waals surface area (Å²) in [6.07, 6.45) is 0.647. The van der Waals surface area contributed by atoms with Crippen molar-refractivity contribution in [2.24, 2.45) is 0 Å². The smallest absolute Gasteiger partial charge is 0.309 e. The minimum atomic E-state index is -1.94. The molecule has 21 heavy (non-hydrogen) atoms. The molecule has 1 fully saturated rings. The molecule has 1 aliphatic heterocycles. The van der Waals surface area contributed by atoms with E-state index in [-0.39, 0.29) is 36.1 Å². The average molecular weight is 316 g/mol. The molecular formula is C15H28O5Si. The van der Waals surface area contributed by atoms with Gasteiger partial charge in [0, 0.05) is 13.3 Å². The molecule has 0 aromatic carbocycles. The van der Waals surface area contributed by atoms with Crippen LogP contribution in [0.2, 0.25) is 18.1 Å². The van der Waals surface area contributed by atoms with Crippen molar-refractivity contribution in [2.45, 2.75) is 77.3 Å². The Morgan fingerprint density at radius 3 is 2.48 bits per heavy atom. The van der Waals surface area contributed by atoms with Gasteiger partial charge in [-0.25, -0.2) is 0 Å². The number of carbonyl (C=O) groups excluding carboxylic acids is 2. The minimum absolute atomic E-state index is 0.0748. The van der Waals surface area contributed by atoms with Crippen molar-refractivity contribution in [3.8, 4) is 0 Å². The number of carbonyl (C=O) groups is 2. The third-order valence-corrected chi connectivity index (χ3v) is 8.80. The van der Waals surface area contributed by atoms with Crippen molar-refractivity contribution in [1.29, 1.82) is 0 Å². The van der Waals surface area contributed by atoms with Gasteiger partial charge in [0.2, 0.25) is 0 Å². The highest BCUT2D eigenvalue weighted by molar-refractivity contribution is 6.74. The van der Waals surface area contributed by atoms with E-state index in [1.807, 2.05) is 0 Å². The van der Waals surface area contributed by atoms with Crippen LogP contribution in [0, 0.1) is 0 Å².